The van der Waals surface area contributed by atoms with Crippen molar-refractivity contribution in [1.82, 2.24) is 5.32 Å². The number of alkyl carbamates (subject to hydrolysis) is 1. The van der Waals surface area contributed by atoms with Gasteiger partial charge in [0.1, 0.15) is 19.3 Å². The molecular formula is C27H27NO4. The summed E-state index contributed by atoms with van der Waals surface area (Å²) < 4.78 is 11.0. The zero-order valence-electron chi connectivity index (χ0n) is 18.3. The van der Waals surface area contributed by atoms with Crippen LogP contribution in [0.4, 0.5) is 4.79 Å². The van der Waals surface area contributed by atoms with Crippen LogP contribution in [0.25, 0.3) is 11.1 Å². The Kier molecular flexibility index (Phi) is 6.55. The monoisotopic (exact) mass is 429 g/mol. The van der Waals surface area contributed by atoms with Crippen molar-refractivity contribution in [3.8, 4) is 11.1 Å². The van der Waals surface area contributed by atoms with E-state index in [9.17, 15) is 9.59 Å². The van der Waals surface area contributed by atoms with E-state index < -0.39 is 18.1 Å². The minimum Gasteiger partial charge on any atom is -0.459 e. The van der Waals surface area contributed by atoms with Crippen LogP contribution in [-0.4, -0.2) is 24.7 Å². The number of hydrogen-bond donors (Lipinski definition) is 1. The van der Waals surface area contributed by atoms with E-state index in [-0.39, 0.29) is 25.0 Å². The van der Waals surface area contributed by atoms with Gasteiger partial charge in [0.2, 0.25) is 0 Å². The molecule has 5 heteroatoms. The summed E-state index contributed by atoms with van der Waals surface area (Å²) in [7, 11) is 0. The number of esters is 1. The van der Waals surface area contributed by atoms with Crippen LogP contribution >= 0.6 is 0 Å². The fraction of sp³-hybridized carbons (Fsp3) is 0.259. The Bertz CT molecular complexity index is 1050. The minimum atomic E-state index is -0.783. The van der Waals surface area contributed by atoms with Crippen molar-refractivity contribution in [1.29, 1.82) is 0 Å². The number of nitrogens with one attached hydrogen (secondary N) is 1. The molecule has 0 unspecified atom stereocenters. The normalized spacial score (nSPS) is 13.2. The van der Waals surface area contributed by atoms with Gasteiger partial charge >= 0.3 is 12.1 Å². The summed E-state index contributed by atoms with van der Waals surface area (Å²) in [5, 5.41) is 2.69. The quantitative estimate of drug-likeness (QED) is 0.518. The van der Waals surface area contributed by atoms with Crippen LogP contribution in [0.2, 0.25) is 0 Å². The van der Waals surface area contributed by atoms with Gasteiger partial charge in [0.05, 0.1) is 0 Å². The summed E-state index contributed by atoms with van der Waals surface area (Å²) in [5.41, 5.74) is 5.51. The van der Waals surface area contributed by atoms with Crippen LogP contribution in [0.5, 0.6) is 0 Å². The molecule has 4 rings (SSSR count). The summed E-state index contributed by atoms with van der Waals surface area (Å²) in [6.07, 6.45) is -0.623. The van der Waals surface area contributed by atoms with Gasteiger partial charge in [0.15, 0.2) is 0 Å². The third-order valence-electron chi connectivity index (χ3n) is 5.76. The SMILES string of the molecule is CC(C)[C@H](NC(=O)OCC1c2ccccc2-c2ccccc21)C(=O)OCc1ccccc1. The highest BCUT2D eigenvalue weighted by atomic mass is 16.6. The summed E-state index contributed by atoms with van der Waals surface area (Å²) in [5.74, 6) is -0.646. The molecule has 0 saturated carbocycles. The number of carbonyl (C=O) groups is 2. The molecule has 1 aliphatic carbocycles. The Morgan fingerprint density at radius 1 is 0.812 bits per heavy atom. The molecule has 0 saturated heterocycles. The maximum absolute atomic E-state index is 12.6. The molecule has 0 heterocycles. The molecule has 1 amide bonds. The minimum absolute atomic E-state index is 0.0318. The second-order valence-corrected chi connectivity index (χ2v) is 8.28. The lowest BCUT2D eigenvalue weighted by Gasteiger charge is -2.21. The van der Waals surface area contributed by atoms with E-state index in [1.54, 1.807) is 0 Å². The third-order valence-corrected chi connectivity index (χ3v) is 5.76. The number of benzene rings is 3. The molecule has 0 spiro atoms. The molecule has 0 aromatic heterocycles. The van der Waals surface area contributed by atoms with Crippen molar-refractivity contribution in [2.75, 3.05) is 6.61 Å². The Morgan fingerprint density at radius 2 is 1.38 bits per heavy atom. The molecule has 0 radical (unpaired) electrons. The largest absolute Gasteiger partial charge is 0.459 e. The van der Waals surface area contributed by atoms with E-state index in [1.807, 2.05) is 68.4 Å². The van der Waals surface area contributed by atoms with Crippen molar-refractivity contribution in [2.45, 2.75) is 32.4 Å². The van der Waals surface area contributed by atoms with Crippen LogP contribution in [0.1, 0.15) is 36.5 Å². The maximum Gasteiger partial charge on any atom is 0.407 e. The average molecular weight is 430 g/mol. The Morgan fingerprint density at radius 3 is 1.97 bits per heavy atom. The molecule has 1 aliphatic rings. The lowest BCUT2D eigenvalue weighted by molar-refractivity contribution is -0.148. The highest BCUT2D eigenvalue weighted by Crippen LogP contribution is 2.44. The topological polar surface area (TPSA) is 64.6 Å². The van der Waals surface area contributed by atoms with Crippen LogP contribution in [-0.2, 0) is 20.9 Å². The summed E-state index contributed by atoms with van der Waals surface area (Å²) in [6.45, 7) is 4.08. The maximum atomic E-state index is 12.6. The molecule has 164 valence electrons. The predicted molar refractivity (Wildman–Crippen MR) is 123 cm³/mol. The molecule has 3 aromatic carbocycles. The molecular weight excluding hydrogens is 402 g/mol. The van der Waals surface area contributed by atoms with Gasteiger partial charge in [0.25, 0.3) is 0 Å². The first kappa shape index (κ1) is 21.6. The van der Waals surface area contributed by atoms with E-state index in [0.29, 0.717) is 0 Å². The lowest BCUT2D eigenvalue weighted by Crippen LogP contribution is -2.45. The van der Waals surface area contributed by atoms with Gasteiger partial charge in [-0.15, -0.1) is 0 Å². The summed E-state index contributed by atoms with van der Waals surface area (Å²) in [6, 6.07) is 25.0. The third kappa shape index (κ3) is 4.67. The molecule has 0 fully saturated rings. The van der Waals surface area contributed by atoms with Crippen LogP contribution < -0.4 is 5.32 Å². The van der Waals surface area contributed by atoms with Crippen molar-refractivity contribution >= 4 is 12.1 Å². The molecule has 1 N–H and O–H groups in total. The van der Waals surface area contributed by atoms with Crippen molar-refractivity contribution in [3.05, 3.63) is 95.6 Å². The van der Waals surface area contributed by atoms with E-state index >= 15 is 0 Å². The molecule has 32 heavy (non-hydrogen) atoms. The fourth-order valence-corrected chi connectivity index (χ4v) is 4.08. The average Bonchev–Trinajstić information content (AvgIpc) is 3.14. The number of carbonyl (C=O) groups excluding carboxylic acids is 2. The Hall–Kier alpha value is -3.60. The number of rotatable bonds is 7. The van der Waals surface area contributed by atoms with E-state index in [4.69, 9.17) is 9.47 Å². The first-order chi connectivity index (χ1) is 15.5. The summed E-state index contributed by atoms with van der Waals surface area (Å²) in [4.78, 5) is 25.2. The highest BCUT2D eigenvalue weighted by molar-refractivity contribution is 5.82. The smallest absolute Gasteiger partial charge is 0.407 e. The molecule has 1 atom stereocenters. The number of fused-ring (bicyclic) bond motifs is 3. The number of ether oxygens (including phenoxy) is 2. The van der Waals surface area contributed by atoms with Crippen LogP contribution in [0.15, 0.2) is 78.9 Å². The Labute approximate surface area is 188 Å². The predicted octanol–water partition coefficient (Wildman–Crippen LogP) is 5.29. The van der Waals surface area contributed by atoms with Gasteiger partial charge in [-0.1, -0.05) is 92.7 Å². The van der Waals surface area contributed by atoms with Gasteiger partial charge in [0, 0.05) is 5.92 Å². The van der Waals surface area contributed by atoms with Gasteiger partial charge in [-0.25, -0.2) is 9.59 Å². The van der Waals surface area contributed by atoms with Gasteiger partial charge in [-0.05, 0) is 33.7 Å². The van der Waals surface area contributed by atoms with E-state index in [1.165, 1.54) is 11.1 Å². The fourth-order valence-electron chi connectivity index (χ4n) is 4.08. The van der Waals surface area contributed by atoms with Crippen molar-refractivity contribution in [2.24, 2.45) is 5.92 Å². The molecule has 0 aliphatic heterocycles. The van der Waals surface area contributed by atoms with Gasteiger partial charge in [-0.2, -0.15) is 0 Å². The summed E-state index contributed by atoms with van der Waals surface area (Å²) >= 11 is 0. The molecule has 3 aromatic rings. The highest BCUT2D eigenvalue weighted by Gasteiger charge is 2.30. The first-order valence-electron chi connectivity index (χ1n) is 10.9. The van der Waals surface area contributed by atoms with Crippen molar-refractivity contribution in [3.63, 3.8) is 0 Å². The molecule has 0 bridgehead atoms. The lowest BCUT2D eigenvalue weighted by atomic mass is 9.98. The second-order valence-electron chi connectivity index (χ2n) is 8.28. The van der Waals surface area contributed by atoms with E-state index in [2.05, 4.69) is 29.6 Å². The van der Waals surface area contributed by atoms with E-state index in [0.717, 1.165) is 16.7 Å². The Balaban J connectivity index is 1.37. The van der Waals surface area contributed by atoms with Crippen LogP contribution in [0, 0.1) is 5.92 Å². The zero-order chi connectivity index (χ0) is 22.5. The molecule has 5 nitrogen and oxygen atoms in total. The number of amides is 1. The van der Waals surface area contributed by atoms with Gasteiger partial charge < -0.3 is 14.8 Å². The van der Waals surface area contributed by atoms with Crippen molar-refractivity contribution < 1.29 is 19.1 Å². The van der Waals surface area contributed by atoms with Crippen LogP contribution in [0.3, 0.4) is 0 Å². The van der Waals surface area contributed by atoms with Gasteiger partial charge in [-0.3, -0.25) is 0 Å². The number of hydrogen-bond acceptors (Lipinski definition) is 4. The second kappa shape index (κ2) is 9.69. The standard InChI is InChI=1S/C27H27NO4/c1-18(2)25(26(29)31-16-19-10-4-3-5-11-19)28-27(30)32-17-24-22-14-8-6-12-20(22)21-13-7-9-15-23(21)24/h3-15,18,24-25H,16-17H2,1-2H3,(H,28,30)/t25-/m0/s1. The zero-order valence-corrected chi connectivity index (χ0v) is 18.3. The first-order valence-corrected chi connectivity index (χ1v) is 10.9.